The summed E-state index contributed by atoms with van der Waals surface area (Å²) in [5.41, 5.74) is 6.88. The summed E-state index contributed by atoms with van der Waals surface area (Å²) in [6, 6.07) is 7.49. The molecule has 2 N–H and O–H groups in total. The Bertz CT molecular complexity index is 414. The fourth-order valence-electron chi connectivity index (χ4n) is 1.47. The molecule has 1 aromatic carbocycles. The third-order valence-electron chi connectivity index (χ3n) is 2.51. The monoisotopic (exact) mass is 252 g/mol. The molecule has 2 atom stereocenters. The number of hydrogen-bond donors (Lipinski definition) is 1. The second kappa shape index (κ2) is 6.48. The van der Waals surface area contributed by atoms with E-state index in [9.17, 15) is 0 Å². The Morgan fingerprint density at radius 3 is 2.82 bits per heavy atom. The van der Waals surface area contributed by atoms with Crippen LogP contribution in [0.5, 0.6) is 5.75 Å². The van der Waals surface area contributed by atoms with Crippen LogP contribution in [0.1, 0.15) is 25.8 Å². The maximum absolute atomic E-state index is 8.74. The van der Waals surface area contributed by atoms with E-state index in [1.807, 2.05) is 19.1 Å². The lowest BCUT2D eigenvalue weighted by atomic mass is 10.0. The molecule has 0 amide bonds. The first-order valence-electron chi connectivity index (χ1n) is 5.67. The van der Waals surface area contributed by atoms with Gasteiger partial charge in [-0.25, -0.2) is 0 Å². The molecule has 0 aromatic heterocycles. The van der Waals surface area contributed by atoms with Gasteiger partial charge < -0.3 is 10.5 Å². The SMILES string of the molecule is CCC(N)Cc1cc(Cl)ccc1OC(C)C#N. The van der Waals surface area contributed by atoms with Crippen LogP contribution in [0.2, 0.25) is 5.02 Å². The van der Waals surface area contributed by atoms with E-state index in [2.05, 4.69) is 0 Å². The van der Waals surface area contributed by atoms with Crippen molar-refractivity contribution in [3.05, 3.63) is 28.8 Å². The lowest BCUT2D eigenvalue weighted by molar-refractivity contribution is 0.273. The Morgan fingerprint density at radius 2 is 2.24 bits per heavy atom. The van der Waals surface area contributed by atoms with Gasteiger partial charge in [-0.15, -0.1) is 0 Å². The van der Waals surface area contributed by atoms with Crippen molar-refractivity contribution in [1.82, 2.24) is 0 Å². The molecular formula is C13H17ClN2O. The Labute approximate surface area is 107 Å². The van der Waals surface area contributed by atoms with Gasteiger partial charge in [0.1, 0.15) is 11.8 Å². The van der Waals surface area contributed by atoms with Crippen molar-refractivity contribution < 1.29 is 4.74 Å². The molecule has 0 heterocycles. The summed E-state index contributed by atoms with van der Waals surface area (Å²) in [6.07, 6.45) is 1.11. The molecule has 92 valence electrons. The average molecular weight is 253 g/mol. The van der Waals surface area contributed by atoms with Gasteiger partial charge in [0, 0.05) is 11.1 Å². The summed E-state index contributed by atoms with van der Waals surface area (Å²) in [6.45, 7) is 3.74. The van der Waals surface area contributed by atoms with E-state index in [-0.39, 0.29) is 6.04 Å². The summed E-state index contributed by atoms with van der Waals surface area (Å²) >= 11 is 5.95. The third kappa shape index (κ3) is 4.26. The average Bonchev–Trinajstić information content (AvgIpc) is 2.32. The Balaban J connectivity index is 2.92. The molecule has 1 rings (SSSR count). The van der Waals surface area contributed by atoms with Gasteiger partial charge in [-0.1, -0.05) is 18.5 Å². The van der Waals surface area contributed by atoms with Crippen molar-refractivity contribution in [1.29, 1.82) is 5.26 Å². The Morgan fingerprint density at radius 1 is 1.53 bits per heavy atom. The normalized spacial score (nSPS) is 13.8. The molecule has 1 aromatic rings. The van der Waals surface area contributed by atoms with Gasteiger partial charge in [0.2, 0.25) is 0 Å². The summed E-state index contributed by atoms with van der Waals surface area (Å²) in [5, 5.41) is 9.40. The molecule has 0 spiro atoms. The van der Waals surface area contributed by atoms with E-state index < -0.39 is 6.10 Å². The highest BCUT2D eigenvalue weighted by molar-refractivity contribution is 6.30. The van der Waals surface area contributed by atoms with E-state index in [4.69, 9.17) is 27.3 Å². The highest BCUT2D eigenvalue weighted by atomic mass is 35.5. The minimum absolute atomic E-state index is 0.0770. The number of rotatable bonds is 5. The number of hydrogen-bond acceptors (Lipinski definition) is 3. The Hall–Kier alpha value is -1.24. The van der Waals surface area contributed by atoms with Crippen molar-refractivity contribution in [3.63, 3.8) is 0 Å². The molecular weight excluding hydrogens is 236 g/mol. The van der Waals surface area contributed by atoms with E-state index in [1.165, 1.54) is 0 Å². The predicted molar refractivity (Wildman–Crippen MR) is 69.1 cm³/mol. The fraction of sp³-hybridized carbons (Fsp3) is 0.462. The maximum Gasteiger partial charge on any atom is 0.181 e. The van der Waals surface area contributed by atoms with Crippen LogP contribution in [0.3, 0.4) is 0 Å². The van der Waals surface area contributed by atoms with Crippen molar-refractivity contribution in [3.8, 4) is 11.8 Å². The van der Waals surface area contributed by atoms with Crippen LogP contribution >= 0.6 is 11.6 Å². The molecule has 0 aliphatic heterocycles. The smallest absolute Gasteiger partial charge is 0.181 e. The van der Waals surface area contributed by atoms with Crippen LogP contribution in [0.4, 0.5) is 0 Å². The van der Waals surface area contributed by atoms with Crippen molar-refractivity contribution in [2.24, 2.45) is 5.73 Å². The molecule has 4 heteroatoms. The lowest BCUT2D eigenvalue weighted by Gasteiger charge is -2.15. The first-order chi connectivity index (χ1) is 8.06. The van der Waals surface area contributed by atoms with Gasteiger partial charge in [-0.3, -0.25) is 0 Å². The second-order valence-electron chi connectivity index (χ2n) is 4.01. The van der Waals surface area contributed by atoms with Crippen LogP contribution in [0.25, 0.3) is 0 Å². The standard InChI is InChI=1S/C13H17ClN2O/c1-3-12(16)7-10-6-11(14)4-5-13(10)17-9(2)8-15/h4-6,9,12H,3,7,16H2,1-2H3. The first-order valence-corrected chi connectivity index (χ1v) is 6.04. The van der Waals surface area contributed by atoms with Crippen molar-refractivity contribution >= 4 is 11.6 Å². The van der Waals surface area contributed by atoms with E-state index in [0.717, 1.165) is 12.0 Å². The van der Waals surface area contributed by atoms with Crippen molar-refractivity contribution in [2.45, 2.75) is 38.8 Å². The van der Waals surface area contributed by atoms with Crippen LogP contribution in [-0.4, -0.2) is 12.1 Å². The van der Waals surface area contributed by atoms with Crippen LogP contribution in [-0.2, 0) is 6.42 Å². The number of ether oxygens (including phenoxy) is 1. The molecule has 0 fully saturated rings. The molecule has 0 aliphatic rings. The van der Waals surface area contributed by atoms with Crippen LogP contribution in [0, 0.1) is 11.3 Å². The van der Waals surface area contributed by atoms with E-state index in [0.29, 0.717) is 17.2 Å². The molecule has 0 radical (unpaired) electrons. The first kappa shape index (κ1) is 13.8. The van der Waals surface area contributed by atoms with Gasteiger partial charge in [0.25, 0.3) is 0 Å². The summed E-state index contributed by atoms with van der Waals surface area (Å²) in [7, 11) is 0. The molecule has 0 saturated carbocycles. The van der Waals surface area contributed by atoms with E-state index >= 15 is 0 Å². The summed E-state index contributed by atoms with van der Waals surface area (Å²) < 4.78 is 5.52. The molecule has 0 bridgehead atoms. The van der Waals surface area contributed by atoms with Gasteiger partial charge in [0.15, 0.2) is 6.10 Å². The maximum atomic E-state index is 8.74. The summed E-state index contributed by atoms with van der Waals surface area (Å²) in [5.74, 6) is 0.687. The second-order valence-corrected chi connectivity index (χ2v) is 4.45. The van der Waals surface area contributed by atoms with Crippen LogP contribution < -0.4 is 10.5 Å². The molecule has 3 nitrogen and oxygen atoms in total. The van der Waals surface area contributed by atoms with Crippen molar-refractivity contribution in [2.75, 3.05) is 0 Å². The number of nitrogens with two attached hydrogens (primary N) is 1. The summed E-state index contributed by atoms with van der Waals surface area (Å²) in [4.78, 5) is 0. The van der Waals surface area contributed by atoms with Gasteiger partial charge >= 0.3 is 0 Å². The number of benzene rings is 1. The number of halogens is 1. The molecule has 17 heavy (non-hydrogen) atoms. The Kier molecular flexibility index (Phi) is 5.27. The van der Waals surface area contributed by atoms with Gasteiger partial charge in [0.05, 0.1) is 0 Å². The number of nitrogens with zero attached hydrogens (tertiary/aromatic N) is 1. The van der Waals surface area contributed by atoms with Gasteiger partial charge in [-0.05, 0) is 43.5 Å². The molecule has 0 saturated heterocycles. The minimum Gasteiger partial charge on any atom is -0.476 e. The lowest BCUT2D eigenvalue weighted by Crippen LogP contribution is -2.22. The zero-order valence-electron chi connectivity index (χ0n) is 10.1. The number of nitriles is 1. The quantitative estimate of drug-likeness (QED) is 0.877. The van der Waals surface area contributed by atoms with E-state index in [1.54, 1.807) is 19.1 Å². The highest BCUT2D eigenvalue weighted by Crippen LogP contribution is 2.25. The molecule has 2 unspecified atom stereocenters. The topological polar surface area (TPSA) is 59.0 Å². The van der Waals surface area contributed by atoms with Crippen LogP contribution in [0.15, 0.2) is 18.2 Å². The third-order valence-corrected chi connectivity index (χ3v) is 2.75. The predicted octanol–water partition coefficient (Wildman–Crippen LogP) is 2.91. The zero-order valence-corrected chi connectivity index (χ0v) is 10.9. The molecule has 0 aliphatic carbocycles. The van der Waals surface area contributed by atoms with Gasteiger partial charge in [-0.2, -0.15) is 5.26 Å². The minimum atomic E-state index is -0.479. The zero-order chi connectivity index (χ0) is 12.8. The largest absolute Gasteiger partial charge is 0.476 e. The fourth-order valence-corrected chi connectivity index (χ4v) is 1.66. The highest BCUT2D eigenvalue weighted by Gasteiger charge is 2.11.